The minimum atomic E-state index is -1.02. The number of carboxylic acid groups (broad SMARTS) is 1. The Morgan fingerprint density at radius 3 is 2.52 bits per heavy atom. The first-order chi connectivity index (χ1) is 13.0. The minimum absolute atomic E-state index is 0.216. The summed E-state index contributed by atoms with van der Waals surface area (Å²) in [4.78, 5) is 37.6. The third kappa shape index (κ3) is 4.25. The van der Waals surface area contributed by atoms with E-state index in [-0.39, 0.29) is 18.9 Å². The molecule has 0 spiro atoms. The third-order valence-electron chi connectivity index (χ3n) is 4.29. The average Bonchev–Trinajstić information content (AvgIpc) is 2.65. The number of carboxylic acids is 1. The molecule has 2 aromatic rings. The van der Waals surface area contributed by atoms with Gasteiger partial charge >= 0.3 is 5.97 Å². The van der Waals surface area contributed by atoms with Gasteiger partial charge in [-0.1, -0.05) is 42.5 Å². The predicted octanol–water partition coefficient (Wildman–Crippen LogP) is 2.13. The molecule has 1 aliphatic rings. The molecule has 2 N–H and O–H groups in total. The van der Waals surface area contributed by atoms with Crippen molar-refractivity contribution in [2.45, 2.75) is 25.5 Å². The van der Waals surface area contributed by atoms with Crippen LogP contribution in [-0.2, 0) is 14.4 Å². The van der Waals surface area contributed by atoms with E-state index >= 15 is 0 Å². The molecule has 0 bridgehead atoms. The molecule has 27 heavy (non-hydrogen) atoms. The topological polar surface area (TPSA) is 95.9 Å². The van der Waals surface area contributed by atoms with Gasteiger partial charge in [-0.05, 0) is 24.6 Å². The van der Waals surface area contributed by atoms with Gasteiger partial charge in [0.05, 0.1) is 18.2 Å². The van der Waals surface area contributed by atoms with Crippen LogP contribution in [0.4, 0.5) is 5.69 Å². The standard InChI is InChI=1S/C20H20N2O5/c1-13-20(26)22(16-9-5-6-10-17(16)27-13)12-18(23)21-15(11-19(24)25)14-7-3-2-4-8-14/h2-10,13,15H,11-12H2,1H3,(H,21,23)(H,24,25)/t13-,15-/m1/s1. The lowest BCUT2D eigenvalue weighted by molar-refractivity contribution is -0.138. The lowest BCUT2D eigenvalue weighted by Gasteiger charge is -2.32. The number of amides is 2. The molecule has 0 unspecified atom stereocenters. The van der Waals surface area contributed by atoms with Crippen molar-refractivity contribution in [3.05, 3.63) is 60.2 Å². The van der Waals surface area contributed by atoms with E-state index in [4.69, 9.17) is 9.84 Å². The summed E-state index contributed by atoms with van der Waals surface area (Å²) in [5.41, 5.74) is 1.21. The number of rotatable bonds is 6. The number of aliphatic carboxylic acids is 1. The molecule has 0 aromatic heterocycles. The highest BCUT2D eigenvalue weighted by atomic mass is 16.5. The summed E-state index contributed by atoms with van der Waals surface area (Å²) in [6, 6.07) is 15.2. The molecule has 1 heterocycles. The summed E-state index contributed by atoms with van der Waals surface area (Å²) in [7, 11) is 0. The highest BCUT2D eigenvalue weighted by molar-refractivity contribution is 6.03. The molecule has 1 aliphatic heterocycles. The Morgan fingerprint density at radius 1 is 1.15 bits per heavy atom. The second kappa shape index (κ2) is 7.90. The second-order valence-corrected chi connectivity index (χ2v) is 6.28. The zero-order valence-corrected chi connectivity index (χ0v) is 14.8. The molecule has 140 valence electrons. The molecular formula is C20H20N2O5. The maximum atomic E-state index is 12.6. The average molecular weight is 368 g/mol. The van der Waals surface area contributed by atoms with Crippen molar-refractivity contribution in [2.75, 3.05) is 11.4 Å². The second-order valence-electron chi connectivity index (χ2n) is 6.28. The van der Waals surface area contributed by atoms with E-state index in [2.05, 4.69) is 5.32 Å². The molecule has 7 heteroatoms. The molecule has 0 fully saturated rings. The van der Waals surface area contributed by atoms with Crippen LogP contribution >= 0.6 is 0 Å². The summed E-state index contributed by atoms with van der Waals surface area (Å²) < 4.78 is 5.56. The molecular weight excluding hydrogens is 348 g/mol. The maximum absolute atomic E-state index is 12.6. The molecule has 2 amide bonds. The number of para-hydroxylation sites is 2. The van der Waals surface area contributed by atoms with Crippen molar-refractivity contribution in [1.82, 2.24) is 5.32 Å². The molecule has 0 aliphatic carbocycles. The third-order valence-corrected chi connectivity index (χ3v) is 4.29. The smallest absolute Gasteiger partial charge is 0.305 e. The Morgan fingerprint density at radius 2 is 1.81 bits per heavy atom. The fraction of sp³-hybridized carbons (Fsp3) is 0.250. The summed E-state index contributed by atoms with van der Waals surface area (Å²) in [6.07, 6.45) is -0.948. The van der Waals surface area contributed by atoms with E-state index in [0.717, 1.165) is 0 Å². The van der Waals surface area contributed by atoms with Gasteiger partial charge in [0.1, 0.15) is 12.3 Å². The lowest BCUT2D eigenvalue weighted by Crippen LogP contribution is -2.49. The summed E-state index contributed by atoms with van der Waals surface area (Å²) in [5, 5.41) is 11.9. The van der Waals surface area contributed by atoms with Crippen molar-refractivity contribution in [3.63, 3.8) is 0 Å². The molecule has 7 nitrogen and oxygen atoms in total. The van der Waals surface area contributed by atoms with Crippen LogP contribution < -0.4 is 15.0 Å². The summed E-state index contributed by atoms with van der Waals surface area (Å²) >= 11 is 0. The van der Waals surface area contributed by atoms with Crippen molar-refractivity contribution < 1.29 is 24.2 Å². The first-order valence-electron chi connectivity index (χ1n) is 8.59. The van der Waals surface area contributed by atoms with Gasteiger partial charge in [-0.2, -0.15) is 0 Å². The Kier molecular flexibility index (Phi) is 5.40. The van der Waals surface area contributed by atoms with Crippen molar-refractivity contribution in [3.8, 4) is 5.75 Å². The van der Waals surface area contributed by atoms with E-state index in [0.29, 0.717) is 17.0 Å². The number of anilines is 1. The zero-order valence-electron chi connectivity index (χ0n) is 14.8. The van der Waals surface area contributed by atoms with Crippen molar-refractivity contribution in [1.29, 1.82) is 0 Å². The Hall–Kier alpha value is -3.35. The highest BCUT2D eigenvalue weighted by Crippen LogP contribution is 2.33. The fourth-order valence-corrected chi connectivity index (χ4v) is 3.02. The van der Waals surface area contributed by atoms with E-state index in [1.807, 2.05) is 6.07 Å². The molecule has 2 aromatic carbocycles. The van der Waals surface area contributed by atoms with Gasteiger partial charge in [-0.15, -0.1) is 0 Å². The molecule has 0 saturated heterocycles. The highest BCUT2D eigenvalue weighted by Gasteiger charge is 2.33. The van der Waals surface area contributed by atoms with E-state index in [9.17, 15) is 14.4 Å². The van der Waals surface area contributed by atoms with Crippen LogP contribution in [0.5, 0.6) is 5.75 Å². The lowest BCUT2D eigenvalue weighted by atomic mass is 10.0. The van der Waals surface area contributed by atoms with Crippen LogP contribution in [0.3, 0.4) is 0 Å². The van der Waals surface area contributed by atoms with E-state index in [1.54, 1.807) is 55.5 Å². The first kappa shape index (κ1) is 18.4. The van der Waals surface area contributed by atoms with Gasteiger partial charge in [0, 0.05) is 0 Å². The number of carbonyl (C=O) groups excluding carboxylic acids is 2. The Bertz CT molecular complexity index is 852. The number of ether oxygens (including phenoxy) is 1. The van der Waals surface area contributed by atoms with Gasteiger partial charge in [0.15, 0.2) is 6.10 Å². The van der Waals surface area contributed by atoms with Gasteiger partial charge in [-0.25, -0.2) is 0 Å². The number of carbonyl (C=O) groups is 3. The van der Waals surface area contributed by atoms with Gasteiger partial charge < -0.3 is 15.2 Å². The molecule has 0 saturated carbocycles. The molecule has 2 atom stereocenters. The molecule has 0 radical (unpaired) electrons. The SMILES string of the molecule is C[C@H]1Oc2ccccc2N(CC(=O)N[C@H](CC(=O)O)c2ccccc2)C1=O. The van der Waals surface area contributed by atoms with Crippen LogP contribution in [0, 0.1) is 0 Å². The van der Waals surface area contributed by atoms with Gasteiger partial charge in [0.2, 0.25) is 5.91 Å². The zero-order chi connectivity index (χ0) is 19.4. The first-order valence-corrected chi connectivity index (χ1v) is 8.59. The maximum Gasteiger partial charge on any atom is 0.305 e. The predicted molar refractivity (Wildman–Crippen MR) is 98.5 cm³/mol. The quantitative estimate of drug-likeness (QED) is 0.814. The van der Waals surface area contributed by atoms with Crippen molar-refractivity contribution >= 4 is 23.5 Å². The largest absolute Gasteiger partial charge is 0.481 e. The number of fused-ring (bicyclic) bond motifs is 1. The van der Waals surface area contributed by atoms with Crippen molar-refractivity contribution in [2.24, 2.45) is 0 Å². The van der Waals surface area contributed by atoms with E-state index in [1.165, 1.54) is 4.90 Å². The van der Waals surface area contributed by atoms with Crippen LogP contribution in [0.25, 0.3) is 0 Å². The minimum Gasteiger partial charge on any atom is -0.481 e. The summed E-state index contributed by atoms with van der Waals surface area (Å²) in [6.45, 7) is 1.41. The number of benzene rings is 2. The van der Waals surface area contributed by atoms with Gasteiger partial charge in [0.25, 0.3) is 5.91 Å². The van der Waals surface area contributed by atoms with Crippen LogP contribution in [-0.4, -0.2) is 35.5 Å². The van der Waals surface area contributed by atoms with Gasteiger partial charge in [-0.3, -0.25) is 19.3 Å². The van der Waals surface area contributed by atoms with Crippen LogP contribution in [0.2, 0.25) is 0 Å². The normalized spacial score (nSPS) is 16.9. The Balaban J connectivity index is 1.77. The number of hydrogen-bond acceptors (Lipinski definition) is 4. The van der Waals surface area contributed by atoms with Crippen LogP contribution in [0.1, 0.15) is 24.9 Å². The van der Waals surface area contributed by atoms with Crippen LogP contribution in [0.15, 0.2) is 54.6 Å². The molecule has 3 rings (SSSR count). The number of nitrogens with one attached hydrogen (secondary N) is 1. The number of hydrogen-bond donors (Lipinski definition) is 2. The number of nitrogens with zero attached hydrogens (tertiary/aromatic N) is 1. The Labute approximate surface area is 156 Å². The van der Waals surface area contributed by atoms with E-state index < -0.39 is 24.0 Å². The monoisotopic (exact) mass is 368 g/mol. The summed E-state index contributed by atoms with van der Waals surface area (Å²) in [5.74, 6) is -1.26. The fourth-order valence-electron chi connectivity index (χ4n) is 3.02.